The molecule has 2 aliphatic heterocycles. The van der Waals surface area contributed by atoms with E-state index in [9.17, 15) is 35.5 Å². The van der Waals surface area contributed by atoms with E-state index in [0.717, 1.165) is 12.3 Å². The Morgan fingerprint density at radius 3 is 2.53 bits per heavy atom. The molecular formula is C19H15F7N4O2. The number of halogens is 7. The van der Waals surface area contributed by atoms with E-state index in [4.69, 9.17) is 0 Å². The highest BCUT2D eigenvalue weighted by Gasteiger charge is 2.49. The highest BCUT2D eigenvalue weighted by molar-refractivity contribution is 5.89. The largest absolute Gasteiger partial charge is 0.431 e. The molecule has 1 saturated heterocycles. The van der Waals surface area contributed by atoms with E-state index in [1.165, 1.54) is 0 Å². The van der Waals surface area contributed by atoms with Crippen LogP contribution in [0, 0.1) is 0 Å². The van der Waals surface area contributed by atoms with Crippen molar-refractivity contribution in [2.24, 2.45) is 0 Å². The number of aromatic nitrogens is 2. The molecule has 4 heterocycles. The number of anilines is 1. The van der Waals surface area contributed by atoms with Gasteiger partial charge in [0.2, 0.25) is 6.10 Å². The lowest BCUT2D eigenvalue weighted by molar-refractivity contribution is -0.206. The molecule has 2 aromatic heterocycles. The van der Waals surface area contributed by atoms with Crippen LogP contribution in [0.4, 0.5) is 41.3 Å². The van der Waals surface area contributed by atoms with Crippen LogP contribution in [-0.2, 0) is 16.3 Å². The fraction of sp³-hybridized carbons (Fsp3) is 0.421. The molecule has 0 spiro atoms. The lowest BCUT2D eigenvalue weighted by atomic mass is 9.83. The van der Waals surface area contributed by atoms with Crippen LogP contribution >= 0.6 is 0 Å². The van der Waals surface area contributed by atoms with E-state index in [2.05, 4.69) is 20.0 Å². The van der Waals surface area contributed by atoms with Crippen molar-refractivity contribution in [3.8, 4) is 11.3 Å². The maximum atomic E-state index is 13.9. The van der Waals surface area contributed by atoms with Gasteiger partial charge in [0, 0.05) is 18.3 Å². The number of ether oxygens (including phenoxy) is 1. The molecule has 4 rings (SSSR count). The van der Waals surface area contributed by atoms with Gasteiger partial charge in [-0.3, -0.25) is 14.7 Å². The third-order valence-corrected chi connectivity index (χ3v) is 5.47. The number of pyridine rings is 2. The summed E-state index contributed by atoms with van der Waals surface area (Å²) in [6.45, 7) is -0.638. The number of hydrogen-bond donors (Lipinski definition) is 2. The summed E-state index contributed by atoms with van der Waals surface area (Å²) >= 11 is 0. The second-order valence-electron chi connectivity index (χ2n) is 7.54. The summed E-state index contributed by atoms with van der Waals surface area (Å²) in [4.78, 5) is 19.4. The zero-order valence-electron chi connectivity index (χ0n) is 16.1. The first-order valence-corrected chi connectivity index (χ1v) is 9.35. The minimum absolute atomic E-state index is 0.0239. The molecule has 13 heteroatoms. The molecule has 172 valence electrons. The van der Waals surface area contributed by atoms with Gasteiger partial charge in [0.15, 0.2) is 0 Å². The van der Waals surface area contributed by atoms with Crippen LogP contribution in [0.3, 0.4) is 0 Å². The van der Waals surface area contributed by atoms with Crippen molar-refractivity contribution in [2.75, 3.05) is 25.1 Å². The van der Waals surface area contributed by atoms with Crippen LogP contribution in [0.25, 0.3) is 11.3 Å². The van der Waals surface area contributed by atoms with Crippen LogP contribution in [0.5, 0.6) is 0 Å². The summed E-state index contributed by atoms with van der Waals surface area (Å²) in [7, 11) is 0. The number of nitrogens with zero attached hydrogens (tertiary/aromatic N) is 2. The summed E-state index contributed by atoms with van der Waals surface area (Å²) in [6, 6.07) is 2.33. The number of hydrogen-bond acceptors (Lipinski definition) is 5. The quantitative estimate of drug-likeness (QED) is 0.653. The van der Waals surface area contributed by atoms with Crippen LogP contribution in [0.1, 0.15) is 29.3 Å². The summed E-state index contributed by atoms with van der Waals surface area (Å²) < 4.78 is 100. The predicted octanol–water partition coefficient (Wildman–Crippen LogP) is 4.53. The van der Waals surface area contributed by atoms with Crippen molar-refractivity contribution in [1.29, 1.82) is 0 Å². The molecule has 0 bridgehead atoms. The third kappa shape index (κ3) is 3.85. The van der Waals surface area contributed by atoms with Gasteiger partial charge in [0.25, 0.3) is 0 Å². The Hall–Kier alpha value is -2.96. The molecule has 0 aliphatic carbocycles. The standard InChI is InChI=1S/C19H15F7N4O2/c20-7-17(2-4-27-8-17)12-6-9(18(21,22)23)5-11(29-12)10-1-3-28-15-13(10)14(19(24,25)26)32-16(31)30-15/h1,3,5-6,14,27H,2,4,7-8H2,(H,28,30,31)/t14-,17-/m1/s1. The van der Waals surface area contributed by atoms with Gasteiger partial charge in [-0.05, 0) is 31.2 Å². The Bertz CT molecular complexity index is 1050. The molecule has 2 aliphatic rings. The van der Waals surface area contributed by atoms with E-state index in [-0.39, 0.29) is 24.2 Å². The van der Waals surface area contributed by atoms with E-state index >= 15 is 0 Å². The fourth-order valence-corrected chi connectivity index (χ4v) is 3.83. The average molecular weight is 464 g/mol. The first-order valence-electron chi connectivity index (χ1n) is 9.35. The first kappa shape index (κ1) is 22.2. The second-order valence-corrected chi connectivity index (χ2v) is 7.54. The van der Waals surface area contributed by atoms with Crippen molar-refractivity contribution in [2.45, 2.75) is 30.3 Å². The van der Waals surface area contributed by atoms with Crippen molar-refractivity contribution in [3.05, 3.63) is 41.2 Å². The number of rotatable bonds is 3. The van der Waals surface area contributed by atoms with Crippen LogP contribution in [0.15, 0.2) is 24.4 Å². The van der Waals surface area contributed by atoms with Gasteiger partial charge in [0.1, 0.15) is 12.5 Å². The van der Waals surface area contributed by atoms with Gasteiger partial charge in [0.05, 0.1) is 27.9 Å². The normalized spacial score (nSPS) is 23.5. The van der Waals surface area contributed by atoms with Gasteiger partial charge in [-0.2, -0.15) is 26.3 Å². The molecule has 32 heavy (non-hydrogen) atoms. The van der Waals surface area contributed by atoms with Gasteiger partial charge < -0.3 is 10.1 Å². The van der Waals surface area contributed by atoms with Gasteiger partial charge in [-0.25, -0.2) is 9.78 Å². The average Bonchev–Trinajstić information content (AvgIpc) is 3.21. The molecule has 0 radical (unpaired) electrons. The lowest BCUT2D eigenvalue weighted by Gasteiger charge is -2.29. The lowest BCUT2D eigenvalue weighted by Crippen LogP contribution is -2.34. The number of carbonyl (C=O) groups is 1. The summed E-state index contributed by atoms with van der Waals surface area (Å²) in [5.74, 6) is -0.510. The summed E-state index contributed by atoms with van der Waals surface area (Å²) in [6.07, 6.45) is -12.9. The SMILES string of the molecule is O=C1Nc2nccc(-c3cc(C(F)(F)F)cc([C@@]4(CF)CCNC4)n3)c2[C@H](C(F)(F)F)O1. The number of nitrogens with one attached hydrogen (secondary N) is 2. The van der Waals surface area contributed by atoms with Crippen molar-refractivity contribution >= 4 is 11.9 Å². The van der Waals surface area contributed by atoms with Crippen molar-refractivity contribution in [3.63, 3.8) is 0 Å². The monoisotopic (exact) mass is 464 g/mol. The van der Waals surface area contributed by atoms with Gasteiger partial charge in [-0.1, -0.05) is 0 Å². The van der Waals surface area contributed by atoms with Crippen molar-refractivity contribution < 1.29 is 40.3 Å². The fourth-order valence-electron chi connectivity index (χ4n) is 3.83. The number of fused-ring (bicyclic) bond motifs is 1. The van der Waals surface area contributed by atoms with Gasteiger partial charge >= 0.3 is 18.4 Å². The highest BCUT2D eigenvalue weighted by Crippen LogP contribution is 2.46. The molecule has 6 nitrogen and oxygen atoms in total. The van der Waals surface area contributed by atoms with E-state index in [0.29, 0.717) is 18.7 Å². The molecule has 2 atom stereocenters. The van der Waals surface area contributed by atoms with E-state index < -0.39 is 59.3 Å². The van der Waals surface area contributed by atoms with Crippen LogP contribution in [0.2, 0.25) is 0 Å². The molecule has 2 aromatic rings. The molecular weight excluding hydrogens is 449 g/mol. The molecule has 1 amide bonds. The Balaban J connectivity index is 1.96. The summed E-state index contributed by atoms with van der Waals surface area (Å²) in [5.41, 5.74) is -4.29. The number of amides is 1. The molecule has 2 N–H and O–H groups in total. The second kappa shape index (κ2) is 7.57. The topological polar surface area (TPSA) is 76.1 Å². The molecule has 0 saturated carbocycles. The number of carbonyl (C=O) groups excluding carboxylic acids is 1. The Labute approximate surface area is 176 Å². The zero-order valence-corrected chi connectivity index (χ0v) is 16.1. The molecule has 0 aromatic carbocycles. The first-order chi connectivity index (χ1) is 14.9. The highest BCUT2D eigenvalue weighted by atomic mass is 19.4. The molecule has 1 fully saturated rings. The Morgan fingerprint density at radius 1 is 1.19 bits per heavy atom. The predicted molar refractivity (Wildman–Crippen MR) is 96.5 cm³/mol. The summed E-state index contributed by atoms with van der Waals surface area (Å²) in [5, 5.41) is 4.89. The number of alkyl halides is 7. The van der Waals surface area contributed by atoms with Crippen LogP contribution < -0.4 is 10.6 Å². The van der Waals surface area contributed by atoms with Crippen molar-refractivity contribution in [1.82, 2.24) is 15.3 Å². The third-order valence-electron chi connectivity index (χ3n) is 5.47. The molecule has 0 unspecified atom stereocenters. The van der Waals surface area contributed by atoms with Crippen LogP contribution in [-0.4, -0.2) is 42.0 Å². The van der Waals surface area contributed by atoms with Gasteiger partial charge in [-0.15, -0.1) is 0 Å². The maximum Gasteiger partial charge on any atom is 0.430 e. The maximum absolute atomic E-state index is 13.9. The minimum Gasteiger partial charge on any atom is -0.431 e. The Kier molecular flexibility index (Phi) is 5.26. The smallest absolute Gasteiger partial charge is 0.430 e. The zero-order chi connectivity index (χ0) is 23.3. The minimum atomic E-state index is -5.07. The van der Waals surface area contributed by atoms with E-state index in [1.807, 2.05) is 5.32 Å². The van der Waals surface area contributed by atoms with E-state index in [1.54, 1.807) is 0 Å². The number of cyclic esters (lactones) is 1. The Morgan fingerprint density at radius 2 is 1.94 bits per heavy atom.